The van der Waals surface area contributed by atoms with Gasteiger partial charge in [-0.3, -0.25) is 4.79 Å². The van der Waals surface area contributed by atoms with Gasteiger partial charge in [0.1, 0.15) is 0 Å². The van der Waals surface area contributed by atoms with Crippen LogP contribution in [-0.2, 0) is 4.79 Å². The molecule has 0 unspecified atom stereocenters. The summed E-state index contributed by atoms with van der Waals surface area (Å²) < 4.78 is 0. The lowest BCUT2D eigenvalue weighted by molar-refractivity contribution is -0.116. The fourth-order valence-electron chi connectivity index (χ4n) is 2.66. The molecule has 0 saturated carbocycles. The molecule has 0 spiro atoms. The lowest BCUT2D eigenvalue weighted by Crippen LogP contribution is -2.17. The highest BCUT2D eigenvalue weighted by Gasteiger charge is 2.19. The molecule has 1 aromatic heterocycles. The number of hydrogen-bond donors (Lipinski definition) is 2. The number of hydrogen-bond acceptors (Lipinski definition) is 3. The molecule has 0 fully saturated rings. The fourth-order valence-corrected chi connectivity index (χ4v) is 2.66. The van der Waals surface area contributed by atoms with Gasteiger partial charge in [-0.2, -0.15) is 0 Å². The molecule has 0 aliphatic carbocycles. The molecule has 2 N–H and O–H groups in total. The molecule has 3 rings (SSSR count). The van der Waals surface area contributed by atoms with Crippen molar-refractivity contribution in [3.63, 3.8) is 0 Å². The molecule has 3 aromatic rings. The SMILES string of the molecule is O=C(CC(c1ccccc1)c1ccccc1)Nc1ncccc1O. The van der Waals surface area contributed by atoms with Crippen molar-refractivity contribution in [1.29, 1.82) is 0 Å². The van der Waals surface area contributed by atoms with Gasteiger partial charge in [-0.05, 0) is 23.3 Å². The van der Waals surface area contributed by atoms with Crippen LogP contribution in [0.2, 0.25) is 0 Å². The largest absolute Gasteiger partial charge is 0.504 e. The third kappa shape index (κ3) is 3.79. The molecule has 4 heteroatoms. The van der Waals surface area contributed by atoms with Crippen LogP contribution in [0.25, 0.3) is 0 Å². The van der Waals surface area contributed by atoms with Gasteiger partial charge < -0.3 is 10.4 Å². The fraction of sp³-hybridized carbons (Fsp3) is 0.100. The van der Waals surface area contributed by atoms with E-state index >= 15 is 0 Å². The highest BCUT2D eigenvalue weighted by molar-refractivity contribution is 5.91. The first-order chi connectivity index (χ1) is 11.7. The van der Waals surface area contributed by atoms with Crippen molar-refractivity contribution in [2.24, 2.45) is 0 Å². The number of anilines is 1. The van der Waals surface area contributed by atoms with Gasteiger partial charge in [-0.15, -0.1) is 0 Å². The number of pyridine rings is 1. The number of carbonyl (C=O) groups is 1. The van der Waals surface area contributed by atoms with E-state index in [0.717, 1.165) is 11.1 Å². The van der Waals surface area contributed by atoms with E-state index in [9.17, 15) is 9.90 Å². The van der Waals surface area contributed by atoms with E-state index in [2.05, 4.69) is 10.3 Å². The average Bonchev–Trinajstić information content (AvgIpc) is 2.63. The van der Waals surface area contributed by atoms with Crippen LogP contribution in [0.3, 0.4) is 0 Å². The summed E-state index contributed by atoms with van der Waals surface area (Å²) in [5, 5.41) is 12.4. The summed E-state index contributed by atoms with van der Waals surface area (Å²) in [5.41, 5.74) is 2.15. The van der Waals surface area contributed by atoms with E-state index in [-0.39, 0.29) is 29.8 Å². The Balaban J connectivity index is 1.82. The first-order valence-corrected chi connectivity index (χ1v) is 7.78. The number of aromatic nitrogens is 1. The van der Waals surface area contributed by atoms with Crippen LogP contribution >= 0.6 is 0 Å². The van der Waals surface area contributed by atoms with Gasteiger partial charge >= 0.3 is 0 Å². The zero-order valence-electron chi connectivity index (χ0n) is 13.1. The second-order valence-corrected chi connectivity index (χ2v) is 5.50. The Bertz CT molecular complexity index is 765. The van der Waals surface area contributed by atoms with Crippen molar-refractivity contribution in [3.05, 3.63) is 90.1 Å². The first-order valence-electron chi connectivity index (χ1n) is 7.78. The number of aromatic hydroxyl groups is 1. The normalized spacial score (nSPS) is 10.5. The molecule has 24 heavy (non-hydrogen) atoms. The zero-order valence-corrected chi connectivity index (χ0v) is 13.1. The minimum atomic E-state index is -0.193. The van der Waals surface area contributed by atoms with Gasteiger partial charge in [-0.1, -0.05) is 60.7 Å². The average molecular weight is 318 g/mol. The molecule has 4 nitrogen and oxygen atoms in total. The van der Waals surface area contributed by atoms with Crippen LogP contribution in [-0.4, -0.2) is 16.0 Å². The van der Waals surface area contributed by atoms with Gasteiger partial charge in [0.2, 0.25) is 5.91 Å². The summed E-state index contributed by atoms with van der Waals surface area (Å²) >= 11 is 0. The second-order valence-electron chi connectivity index (χ2n) is 5.50. The molecule has 2 aromatic carbocycles. The molecule has 0 bridgehead atoms. The second kappa shape index (κ2) is 7.42. The maximum absolute atomic E-state index is 12.5. The summed E-state index contributed by atoms with van der Waals surface area (Å²) in [5.74, 6) is -0.107. The van der Waals surface area contributed by atoms with Gasteiger partial charge in [0.25, 0.3) is 0 Å². The highest BCUT2D eigenvalue weighted by atomic mass is 16.3. The number of rotatable bonds is 5. The Morgan fingerprint density at radius 3 is 2.04 bits per heavy atom. The number of benzene rings is 2. The van der Waals surface area contributed by atoms with Gasteiger partial charge in [0.15, 0.2) is 11.6 Å². The van der Waals surface area contributed by atoms with E-state index in [1.165, 1.54) is 12.3 Å². The summed E-state index contributed by atoms with van der Waals surface area (Å²) in [6.45, 7) is 0. The third-order valence-electron chi connectivity index (χ3n) is 3.84. The zero-order chi connectivity index (χ0) is 16.8. The quantitative estimate of drug-likeness (QED) is 0.749. The van der Waals surface area contributed by atoms with Crippen molar-refractivity contribution in [2.45, 2.75) is 12.3 Å². The molecule has 0 aliphatic rings. The van der Waals surface area contributed by atoms with E-state index in [0.29, 0.717) is 0 Å². The molecule has 1 heterocycles. The number of amides is 1. The van der Waals surface area contributed by atoms with Gasteiger partial charge in [0, 0.05) is 18.5 Å². The van der Waals surface area contributed by atoms with E-state index in [1.54, 1.807) is 6.07 Å². The van der Waals surface area contributed by atoms with Crippen LogP contribution in [0, 0.1) is 0 Å². The van der Waals surface area contributed by atoms with Crippen molar-refractivity contribution >= 4 is 11.7 Å². The predicted molar refractivity (Wildman–Crippen MR) is 93.9 cm³/mol. The maximum Gasteiger partial charge on any atom is 0.226 e. The van der Waals surface area contributed by atoms with Gasteiger partial charge in [-0.25, -0.2) is 4.98 Å². The van der Waals surface area contributed by atoms with E-state index in [4.69, 9.17) is 0 Å². The first kappa shape index (κ1) is 15.7. The topological polar surface area (TPSA) is 62.2 Å². The lowest BCUT2D eigenvalue weighted by atomic mass is 9.88. The van der Waals surface area contributed by atoms with Crippen LogP contribution < -0.4 is 5.32 Å². The minimum Gasteiger partial charge on any atom is -0.504 e. The molecule has 0 radical (unpaired) electrons. The van der Waals surface area contributed by atoms with E-state index in [1.807, 2.05) is 60.7 Å². The van der Waals surface area contributed by atoms with Gasteiger partial charge in [0.05, 0.1) is 0 Å². The van der Waals surface area contributed by atoms with E-state index < -0.39 is 0 Å². The molecule has 1 amide bonds. The maximum atomic E-state index is 12.5. The Morgan fingerprint density at radius 2 is 1.50 bits per heavy atom. The number of carbonyl (C=O) groups excluding carboxylic acids is 1. The molecule has 0 saturated heterocycles. The number of nitrogens with one attached hydrogen (secondary N) is 1. The molecule has 120 valence electrons. The number of nitrogens with zero attached hydrogens (tertiary/aromatic N) is 1. The molecule has 0 aliphatic heterocycles. The molecular weight excluding hydrogens is 300 g/mol. The Kier molecular flexibility index (Phi) is 4.87. The Hall–Kier alpha value is -3.14. The van der Waals surface area contributed by atoms with Crippen LogP contribution in [0.15, 0.2) is 79.0 Å². The molecule has 0 atom stereocenters. The van der Waals surface area contributed by atoms with Crippen LogP contribution in [0.5, 0.6) is 5.75 Å². The standard InChI is InChI=1S/C20H18N2O2/c23-18-12-7-13-21-20(18)22-19(24)14-17(15-8-3-1-4-9-15)16-10-5-2-6-11-16/h1-13,17,23H,14H2,(H,21,22,24). The summed E-state index contributed by atoms with van der Waals surface area (Å²) in [4.78, 5) is 16.4. The summed E-state index contributed by atoms with van der Waals surface area (Å²) in [6.07, 6.45) is 1.80. The Labute approximate surface area is 140 Å². The molecular formula is C20H18N2O2. The smallest absolute Gasteiger partial charge is 0.226 e. The summed E-state index contributed by atoms with van der Waals surface area (Å²) in [6, 6.07) is 23.0. The summed E-state index contributed by atoms with van der Waals surface area (Å²) in [7, 11) is 0. The lowest BCUT2D eigenvalue weighted by Gasteiger charge is -2.18. The van der Waals surface area contributed by atoms with Crippen LogP contribution in [0.4, 0.5) is 5.82 Å². The third-order valence-corrected chi connectivity index (χ3v) is 3.84. The van der Waals surface area contributed by atoms with Crippen LogP contribution in [0.1, 0.15) is 23.5 Å². The highest BCUT2D eigenvalue weighted by Crippen LogP contribution is 2.28. The minimum absolute atomic E-state index is 0.0400. The Morgan fingerprint density at radius 1 is 0.917 bits per heavy atom. The van der Waals surface area contributed by atoms with Crippen molar-refractivity contribution in [3.8, 4) is 5.75 Å². The van der Waals surface area contributed by atoms with Crippen molar-refractivity contribution < 1.29 is 9.90 Å². The predicted octanol–water partition coefficient (Wildman–Crippen LogP) is 3.95. The van der Waals surface area contributed by atoms with Crippen molar-refractivity contribution in [2.75, 3.05) is 5.32 Å². The van der Waals surface area contributed by atoms with Crippen molar-refractivity contribution in [1.82, 2.24) is 4.98 Å². The monoisotopic (exact) mass is 318 g/mol.